The quantitative estimate of drug-likeness (QED) is 0.574. The fourth-order valence-electron chi connectivity index (χ4n) is 2.21. The zero-order chi connectivity index (χ0) is 7.68. The summed E-state index contributed by atoms with van der Waals surface area (Å²) < 4.78 is 2.57. The summed E-state index contributed by atoms with van der Waals surface area (Å²) in [5.41, 5.74) is 0. The number of fused-ring (bicyclic) bond motifs is 1. The molecule has 2 heterocycles. The van der Waals surface area contributed by atoms with Gasteiger partial charge in [-0.3, -0.25) is 0 Å². The molecule has 0 saturated carbocycles. The van der Waals surface area contributed by atoms with Gasteiger partial charge in [0.05, 0.1) is 0 Å². The Morgan fingerprint density at radius 2 is 1.91 bits per heavy atom. The van der Waals surface area contributed by atoms with E-state index in [1.807, 2.05) is 0 Å². The summed E-state index contributed by atoms with van der Waals surface area (Å²) in [6.07, 6.45) is 4.28. The fraction of sp³-hybridized carbons (Fsp3) is 1.00. The summed E-state index contributed by atoms with van der Waals surface area (Å²) in [6.45, 7) is 5.41. The van der Waals surface area contributed by atoms with Gasteiger partial charge in [-0.2, -0.15) is 0 Å². The average molecular weight is 258 g/mol. The van der Waals surface area contributed by atoms with Gasteiger partial charge in [-0.1, -0.05) is 0 Å². The Kier molecular flexibility index (Phi) is 2.74. The summed E-state index contributed by atoms with van der Waals surface area (Å²) in [6, 6.07) is 0.914. The molecule has 0 aromatic carbocycles. The summed E-state index contributed by atoms with van der Waals surface area (Å²) in [7, 11) is 0. The molecule has 0 bridgehead atoms. The first-order valence-corrected chi connectivity index (χ1v) is 5.84. The SMILES string of the molecule is [Sn][N]1CCCN2CCCC2C1. The second kappa shape index (κ2) is 3.62. The predicted octanol–water partition coefficient (Wildman–Crippen LogP) is 0.240. The Hall–Kier alpha value is 0.719. The summed E-state index contributed by atoms with van der Waals surface area (Å²) in [5, 5.41) is 0. The van der Waals surface area contributed by atoms with E-state index in [9.17, 15) is 0 Å². The normalized spacial score (nSPS) is 35.2. The van der Waals surface area contributed by atoms with E-state index in [1.165, 1.54) is 45.4 Å². The molecule has 0 aromatic rings. The molecule has 3 heteroatoms. The van der Waals surface area contributed by atoms with E-state index in [0.717, 1.165) is 6.04 Å². The molecule has 11 heavy (non-hydrogen) atoms. The van der Waals surface area contributed by atoms with Crippen LogP contribution in [-0.2, 0) is 0 Å². The molecule has 0 N–H and O–H groups in total. The number of hydrogen-bond acceptors (Lipinski definition) is 2. The number of hydrogen-bond donors (Lipinski definition) is 0. The molecule has 0 amide bonds. The zero-order valence-electron chi connectivity index (χ0n) is 6.92. The van der Waals surface area contributed by atoms with Gasteiger partial charge in [0, 0.05) is 0 Å². The number of nitrogens with zero attached hydrogens (tertiary/aromatic N) is 2. The predicted molar refractivity (Wildman–Crippen MR) is 46.5 cm³/mol. The van der Waals surface area contributed by atoms with Crippen LogP contribution in [-0.4, -0.2) is 63.0 Å². The van der Waals surface area contributed by atoms with Crippen molar-refractivity contribution in [3.63, 3.8) is 0 Å². The molecular formula is C8H15N2Sn. The van der Waals surface area contributed by atoms with Crippen LogP contribution in [0.5, 0.6) is 0 Å². The molecule has 1 atom stereocenters. The van der Waals surface area contributed by atoms with Gasteiger partial charge in [0.2, 0.25) is 0 Å². The van der Waals surface area contributed by atoms with Crippen molar-refractivity contribution in [3.8, 4) is 0 Å². The third-order valence-electron chi connectivity index (χ3n) is 2.80. The molecule has 0 aliphatic carbocycles. The molecule has 2 nitrogen and oxygen atoms in total. The number of rotatable bonds is 0. The molecule has 2 fully saturated rings. The Morgan fingerprint density at radius 1 is 1.09 bits per heavy atom. The molecule has 3 radical (unpaired) electrons. The van der Waals surface area contributed by atoms with Crippen LogP contribution in [0.25, 0.3) is 0 Å². The van der Waals surface area contributed by atoms with Crippen LogP contribution in [0.4, 0.5) is 0 Å². The Morgan fingerprint density at radius 3 is 2.82 bits per heavy atom. The van der Waals surface area contributed by atoms with Crippen LogP contribution >= 0.6 is 0 Å². The van der Waals surface area contributed by atoms with E-state index in [4.69, 9.17) is 0 Å². The molecule has 0 spiro atoms. The minimum atomic E-state index is 0.914. The van der Waals surface area contributed by atoms with Gasteiger partial charge in [0.15, 0.2) is 0 Å². The van der Waals surface area contributed by atoms with Gasteiger partial charge in [-0.15, -0.1) is 0 Å². The van der Waals surface area contributed by atoms with Gasteiger partial charge >= 0.3 is 82.3 Å². The first-order valence-electron chi connectivity index (χ1n) is 4.56. The molecule has 0 aromatic heterocycles. The van der Waals surface area contributed by atoms with E-state index in [2.05, 4.69) is 8.02 Å². The van der Waals surface area contributed by atoms with E-state index in [0.29, 0.717) is 0 Å². The van der Waals surface area contributed by atoms with Crippen molar-refractivity contribution < 1.29 is 0 Å². The van der Waals surface area contributed by atoms with Crippen molar-refractivity contribution in [3.05, 3.63) is 0 Å². The molecular weight excluding hydrogens is 243 g/mol. The maximum atomic E-state index is 2.68. The van der Waals surface area contributed by atoms with Crippen molar-refractivity contribution in [2.75, 3.05) is 26.2 Å². The molecule has 2 saturated heterocycles. The van der Waals surface area contributed by atoms with Gasteiger partial charge in [-0.05, 0) is 0 Å². The second-order valence-electron chi connectivity index (χ2n) is 3.63. The molecule has 2 aliphatic heterocycles. The van der Waals surface area contributed by atoms with Crippen LogP contribution in [0.1, 0.15) is 19.3 Å². The molecule has 1 unspecified atom stereocenters. The Bertz CT molecular complexity index is 140. The van der Waals surface area contributed by atoms with Gasteiger partial charge in [0.1, 0.15) is 0 Å². The van der Waals surface area contributed by atoms with Gasteiger partial charge in [0.25, 0.3) is 0 Å². The van der Waals surface area contributed by atoms with Crippen LogP contribution < -0.4 is 0 Å². The summed E-state index contributed by atoms with van der Waals surface area (Å²) >= 11 is 1.61. The third-order valence-corrected chi connectivity index (χ3v) is 3.96. The average Bonchev–Trinajstić information content (AvgIpc) is 2.31. The van der Waals surface area contributed by atoms with E-state index >= 15 is 0 Å². The van der Waals surface area contributed by atoms with Crippen molar-refractivity contribution in [1.29, 1.82) is 0 Å². The summed E-state index contributed by atoms with van der Waals surface area (Å²) in [4.78, 5) is 2.68. The molecule has 2 aliphatic rings. The van der Waals surface area contributed by atoms with Crippen molar-refractivity contribution in [1.82, 2.24) is 8.02 Å². The maximum absolute atomic E-state index is 2.68. The van der Waals surface area contributed by atoms with Crippen LogP contribution in [0.3, 0.4) is 0 Å². The monoisotopic (exact) mass is 259 g/mol. The van der Waals surface area contributed by atoms with Crippen molar-refractivity contribution in [2.24, 2.45) is 0 Å². The minimum absolute atomic E-state index is 0.914. The summed E-state index contributed by atoms with van der Waals surface area (Å²) in [5.74, 6) is 0. The van der Waals surface area contributed by atoms with Crippen molar-refractivity contribution in [2.45, 2.75) is 25.3 Å². The van der Waals surface area contributed by atoms with Crippen molar-refractivity contribution >= 4 is 22.8 Å². The second-order valence-corrected chi connectivity index (χ2v) is 5.44. The fourth-order valence-corrected chi connectivity index (χ4v) is 3.26. The zero-order valence-corrected chi connectivity index (χ0v) is 9.78. The van der Waals surface area contributed by atoms with E-state index in [-0.39, 0.29) is 0 Å². The third kappa shape index (κ3) is 1.90. The van der Waals surface area contributed by atoms with Crippen LogP contribution in [0.2, 0.25) is 0 Å². The molecule has 2 rings (SSSR count). The first-order chi connectivity index (χ1) is 5.36. The first kappa shape index (κ1) is 8.32. The van der Waals surface area contributed by atoms with Gasteiger partial charge < -0.3 is 0 Å². The van der Waals surface area contributed by atoms with E-state index < -0.39 is 0 Å². The Labute approximate surface area is 82.4 Å². The molecule has 61 valence electrons. The van der Waals surface area contributed by atoms with Crippen LogP contribution in [0.15, 0.2) is 0 Å². The Balaban J connectivity index is 1.98. The standard InChI is InChI=1S/C8H15N2.Sn/c1-3-8-7-9-4-2-6-10(8)5-1;/h8H,1-7H2;/q-1;+1. The van der Waals surface area contributed by atoms with Gasteiger partial charge in [-0.25, -0.2) is 0 Å². The van der Waals surface area contributed by atoms with Crippen LogP contribution in [0, 0.1) is 0 Å². The topological polar surface area (TPSA) is 6.48 Å². The van der Waals surface area contributed by atoms with E-state index in [1.54, 1.807) is 22.8 Å².